The Morgan fingerprint density at radius 3 is 2.67 bits per heavy atom. The zero-order valence-electron chi connectivity index (χ0n) is 20.0. The fourth-order valence-electron chi connectivity index (χ4n) is 6.24. The summed E-state index contributed by atoms with van der Waals surface area (Å²) in [7, 11) is 5.97. The Balaban J connectivity index is 1.44. The maximum Gasteiger partial charge on any atom is 0.253 e. The first-order valence-electron chi connectivity index (χ1n) is 12.1. The molecule has 1 heterocycles. The lowest BCUT2D eigenvalue weighted by Crippen LogP contribution is -2.55. The number of rotatable bonds is 4. The van der Waals surface area contributed by atoms with Crippen molar-refractivity contribution in [3.63, 3.8) is 0 Å². The average molecular weight is 443 g/mol. The third-order valence-electron chi connectivity index (χ3n) is 8.21. The Morgan fingerprint density at radius 2 is 1.85 bits per heavy atom. The van der Waals surface area contributed by atoms with Crippen LogP contribution in [0.1, 0.15) is 41.6 Å². The van der Waals surface area contributed by atoms with E-state index < -0.39 is 0 Å². The summed E-state index contributed by atoms with van der Waals surface area (Å²) in [5.74, 6) is 1.64. The minimum atomic E-state index is 0.0852. The lowest BCUT2D eigenvalue weighted by molar-refractivity contribution is 0.0259. The summed E-state index contributed by atoms with van der Waals surface area (Å²) in [5, 5.41) is 2.28. The van der Waals surface area contributed by atoms with Crippen LogP contribution in [0, 0.1) is 5.92 Å². The van der Waals surface area contributed by atoms with E-state index in [4.69, 9.17) is 4.74 Å². The van der Waals surface area contributed by atoms with Gasteiger partial charge >= 0.3 is 0 Å². The van der Waals surface area contributed by atoms with E-state index in [1.54, 1.807) is 7.11 Å². The van der Waals surface area contributed by atoms with E-state index in [1.165, 1.54) is 10.9 Å². The molecule has 172 valence electrons. The highest BCUT2D eigenvalue weighted by Crippen LogP contribution is 2.50. The van der Waals surface area contributed by atoms with Crippen molar-refractivity contribution in [1.82, 2.24) is 9.80 Å². The maximum atomic E-state index is 13.5. The van der Waals surface area contributed by atoms with Crippen molar-refractivity contribution in [3.05, 3.63) is 77.9 Å². The molecule has 3 atom stereocenters. The van der Waals surface area contributed by atoms with Crippen LogP contribution in [0.3, 0.4) is 0 Å². The second-order valence-corrected chi connectivity index (χ2v) is 10.0. The molecule has 0 aromatic heterocycles. The summed E-state index contributed by atoms with van der Waals surface area (Å²) in [4.78, 5) is 18.0. The molecule has 0 bridgehead atoms. The summed E-state index contributed by atoms with van der Waals surface area (Å²) < 4.78 is 5.57. The van der Waals surface area contributed by atoms with Crippen molar-refractivity contribution < 1.29 is 9.53 Å². The molecule has 3 aromatic carbocycles. The predicted octanol–water partition coefficient (Wildman–Crippen LogP) is 5.36. The van der Waals surface area contributed by atoms with E-state index in [9.17, 15) is 4.79 Å². The summed E-state index contributed by atoms with van der Waals surface area (Å²) >= 11 is 0. The molecule has 33 heavy (non-hydrogen) atoms. The number of carbonyl (C=O) groups is 1. The molecule has 4 heteroatoms. The molecule has 2 aliphatic rings. The Kier molecular flexibility index (Phi) is 5.88. The molecule has 1 aliphatic carbocycles. The lowest BCUT2D eigenvalue weighted by Gasteiger charge is -2.53. The molecular weight excluding hydrogens is 408 g/mol. The highest BCUT2D eigenvalue weighted by molar-refractivity contribution is 5.98. The monoisotopic (exact) mass is 442 g/mol. The first kappa shape index (κ1) is 22.0. The van der Waals surface area contributed by atoms with Gasteiger partial charge in [-0.1, -0.05) is 42.5 Å². The summed E-state index contributed by atoms with van der Waals surface area (Å²) in [5.41, 5.74) is 2.23. The van der Waals surface area contributed by atoms with Gasteiger partial charge < -0.3 is 14.5 Å². The van der Waals surface area contributed by atoms with Gasteiger partial charge in [0.2, 0.25) is 0 Å². The number of amides is 1. The Morgan fingerprint density at radius 1 is 1.03 bits per heavy atom. The van der Waals surface area contributed by atoms with Crippen molar-refractivity contribution in [2.24, 2.45) is 5.92 Å². The smallest absolute Gasteiger partial charge is 0.253 e. The van der Waals surface area contributed by atoms with Crippen LogP contribution in [0.25, 0.3) is 10.8 Å². The van der Waals surface area contributed by atoms with E-state index in [-0.39, 0.29) is 17.4 Å². The first-order valence-corrected chi connectivity index (χ1v) is 12.1. The minimum Gasteiger partial charge on any atom is -0.497 e. The molecule has 5 rings (SSSR count). The zero-order valence-corrected chi connectivity index (χ0v) is 20.0. The molecule has 3 aromatic rings. The Labute approximate surface area is 197 Å². The van der Waals surface area contributed by atoms with Crippen LogP contribution in [0.2, 0.25) is 0 Å². The quantitative estimate of drug-likeness (QED) is 0.545. The predicted molar refractivity (Wildman–Crippen MR) is 134 cm³/mol. The van der Waals surface area contributed by atoms with Gasteiger partial charge in [-0.3, -0.25) is 4.79 Å². The van der Waals surface area contributed by atoms with E-state index in [0.29, 0.717) is 5.92 Å². The molecule has 1 saturated carbocycles. The Bertz CT molecular complexity index is 1160. The molecule has 0 unspecified atom stereocenters. The van der Waals surface area contributed by atoms with Crippen molar-refractivity contribution in [2.75, 3.05) is 34.3 Å². The average Bonchev–Trinajstić information content (AvgIpc) is 2.87. The molecule has 1 saturated heterocycles. The normalized spacial score (nSPS) is 25.4. The number of benzene rings is 3. The second-order valence-electron chi connectivity index (χ2n) is 10.0. The summed E-state index contributed by atoms with van der Waals surface area (Å²) in [6.07, 6.45) is 4.33. The number of ether oxygens (including phenoxy) is 1. The van der Waals surface area contributed by atoms with Gasteiger partial charge in [-0.25, -0.2) is 0 Å². The number of carbonyl (C=O) groups excluding carboxylic acids is 1. The van der Waals surface area contributed by atoms with E-state index in [2.05, 4.69) is 48.3 Å². The van der Waals surface area contributed by atoms with Crippen LogP contribution < -0.4 is 4.74 Å². The molecule has 0 radical (unpaired) electrons. The van der Waals surface area contributed by atoms with Gasteiger partial charge in [0, 0.05) is 30.6 Å². The van der Waals surface area contributed by atoms with E-state index in [1.807, 2.05) is 42.3 Å². The fourth-order valence-corrected chi connectivity index (χ4v) is 6.24. The maximum absolute atomic E-state index is 13.5. The van der Waals surface area contributed by atoms with E-state index >= 15 is 0 Å². The molecular formula is C29H34N2O2. The van der Waals surface area contributed by atoms with Gasteiger partial charge in [0.15, 0.2) is 0 Å². The van der Waals surface area contributed by atoms with Gasteiger partial charge in [0.25, 0.3) is 5.91 Å². The summed E-state index contributed by atoms with van der Waals surface area (Å²) in [6, 6.07) is 23.2. The number of hydrogen-bond donors (Lipinski definition) is 0. The summed E-state index contributed by atoms with van der Waals surface area (Å²) in [6.45, 7) is 2.20. The molecule has 4 nitrogen and oxygen atoms in total. The van der Waals surface area contributed by atoms with Crippen LogP contribution in [0.5, 0.6) is 5.75 Å². The number of likely N-dealkylation sites (tertiary alicyclic amines) is 1. The van der Waals surface area contributed by atoms with Crippen molar-refractivity contribution in [1.29, 1.82) is 0 Å². The molecule has 1 aliphatic heterocycles. The lowest BCUT2D eigenvalue weighted by atomic mass is 9.58. The number of piperidine rings is 1. The Hall–Kier alpha value is -2.85. The molecule has 0 spiro atoms. The van der Waals surface area contributed by atoms with Crippen molar-refractivity contribution in [2.45, 2.75) is 37.1 Å². The topological polar surface area (TPSA) is 32.8 Å². The number of nitrogens with zero attached hydrogens (tertiary/aromatic N) is 2. The van der Waals surface area contributed by atoms with E-state index in [0.717, 1.165) is 55.5 Å². The van der Waals surface area contributed by atoms with Crippen molar-refractivity contribution in [3.8, 4) is 5.75 Å². The van der Waals surface area contributed by atoms with Gasteiger partial charge in [-0.05, 0) is 85.8 Å². The fraction of sp³-hybridized carbons (Fsp3) is 0.414. The first-order chi connectivity index (χ1) is 16.0. The highest BCUT2D eigenvalue weighted by atomic mass is 16.5. The molecule has 0 N–H and O–H groups in total. The van der Waals surface area contributed by atoms with Gasteiger partial charge in [-0.2, -0.15) is 0 Å². The zero-order chi connectivity index (χ0) is 23.0. The van der Waals surface area contributed by atoms with Crippen LogP contribution in [0.15, 0.2) is 66.7 Å². The number of methoxy groups -OCH3 is 1. The second kappa shape index (κ2) is 8.83. The van der Waals surface area contributed by atoms with Gasteiger partial charge in [0.05, 0.1) is 7.11 Å². The van der Waals surface area contributed by atoms with Crippen molar-refractivity contribution >= 4 is 16.7 Å². The van der Waals surface area contributed by atoms with Crippen LogP contribution in [0.4, 0.5) is 0 Å². The van der Waals surface area contributed by atoms with Crippen LogP contribution >= 0.6 is 0 Å². The molecule has 1 amide bonds. The molecule has 2 fully saturated rings. The van der Waals surface area contributed by atoms with Gasteiger partial charge in [-0.15, -0.1) is 0 Å². The van der Waals surface area contributed by atoms with Gasteiger partial charge in [0.1, 0.15) is 5.75 Å². The third-order valence-corrected chi connectivity index (χ3v) is 8.21. The number of fused-ring (bicyclic) bond motifs is 2. The standard InChI is InChI=1S/C29H34N2O2/c1-30-16-15-29(24-9-6-10-27(18-24)33-3)19-26(14-13-25(29)20-30)31(2)28(32)23-12-11-21-7-4-5-8-22(21)17-23/h4-12,17-18,25-26H,13-16,19-20H2,1-3H3/t25-,26+,29+/m1/s1. The third kappa shape index (κ3) is 4.02. The highest BCUT2D eigenvalue weighted by Gasteiger charge is 2.48. The minimum absolute atomic E-state index is 0.0852. The number of hydrogen-bond acceptors (Lipinski definition) is 3. The van der Waals surface area contributed by atoms with Crippen LogP contribution in [-0.2, 0) is 5.41 Å². The largest absolute Gasteiger partial charge is 0.497 e. The van der Waals surface area contributed by atoms with Crippen LogP contribution in [-0.4, -0.2) is 56.0 Å². The SMILES string of the molecule is COc1cccc([C@@]23CCN(C)C[C@H]2CC[C@H](N(C)C(=O)c2ccc4ccccc4c2)C3)c1.